The second-order valence-corrected chi connectivity index (χ2v) is 10.1. The van der Waals surface area contributed by atoms with E-state index in [0.29, 0.717) is 36.2 Å². The van der Waals surface area contributed by atoms with Gasteiger partial charge in [0.1, 0.15) is 11.9 Å². The van der Waals surface area contributed by atoms with Gasteiger partial charge in [0, 0.05) is 50.2 Å². The summed E-state index contributed by atoms with van der Waals surface area (Å²) in [7, 11) is 0. The molecule has 1 atom stereocenters. The summed E-state index contributed by atoms with van der Waals surface area (Å²) >= 11 is 0. The smallest absolute Gasteiger partial charge is 0.277 e. The maximum atomic E-state index is 13.8. The Bertz CT molecular complexity index is 1310. The third kappa shape index (κ3) is 4.91. The Morgan fingerprint density at radius 1 is 1.08 bits per heavy atom. The quantitative estimate of drug-likeness (QED) is 0.417. The minimum atomic E-state index is -1.18. The molecular formula is C29H35N5O4. The molecule has 2 aliphatic rings. The van der Waals surface area contributed by atoms with Gasteiger partial charge in [-0.1, -0.05) is 42.5 Å². The molecule has 1 aliphatic carbocycles. The number of aliphatic hydroxyl groups excluding tert-OH is 2. The molecular weight excluding hydrogens is 482 g/mol. The van der Waals surface area contributed by atoms with Crippen molar-refractivity contribution < 1.29 is 19.7 Å². The van der Waals surface area contributed by atoms with Gasteiger partial charge in [-0.2, -0.15) is 0 Å². The number of carbonyl (C=O) groups excluding carboxylic acids is 1. The third-order valence-electron chi connectivity index (χ3n) is 7.03. The highest BCUT2D eigenvalue weighted by Crippen LogP contribution is 2.37. The standard InChI is InChI=1S/C29H35N5O4/c1-19(2)34-27-25(28(36)32(29(34)37)16-9-17-35)33(18-21-10-5-4-6-11-21)26(31-27)23-14-15-24(30-20(23)3)38-22-12-7-8-13-22/h4-8,10-11,14-15,19,22,29,35,37H,9,12-13,16-18H2,1-3H3. The summed E-state index contributed by atoms with van der Waals surface area (Å²) in [4.78, 5) is 26.7. The van der Waals surface area contributed by atoms with E-state index in [1.807, 2.05) is 67.8 Å². The average molecular weight is 518 g/mol. The van der Waals surface area contributed by atoms with E-state index >= 15 is 0 Å². The molecule has 200 valence electrons. The van der Waals surface area contributed by atoms with Gasteiger partial charge in [0.25, 0.3) is 5.91 Å². The largest absolute Gasteiger partial charge is 0.474 e. The van der Waals surface area contributed by atoms with Crippen LogP contribution < -0.4 is 9.64 Å². The first-order chi connectivity index (χ1) is 18.4. The lowest BCUT2D eigenvalue weighted by Gasteiger charge is -2.42. The number of hydrogen-bond acceptors (Lipinski definition) is 7. The Morgan fingerprint density at radius 3 is 2.47 bits per heavy atom. The number of rotatable bonds is 9. The number of aliphatic hydroxyl groups is 2. The van der Waals surface area contributed by atoms with Crippen LogP contribution in [0.25, 0.3) is 11.4 Å². The first-order valence-corrected chi connectivity index (χ1v) is 13.2. The zero-order valence-electron chi connectivity index (χ0n) is 22.1. The molecule has 3 heterocycles. The lowest BCUT2D eigenvalue weighted by Crippen LogP contribution is -2.58. The maximum Gasteiger partial charge on any atom is 0.277 e. The van der Waals surface area contributed by atoms with E-state index < -0.39 is 6.35 Å². The lowest BCUT2D eigenvalue weighted by molar-refractivity contribution is -0.00459. The van der Waals surface area contributed by atoms with Crippen molar-refractivity contribution in [2.45, 2.75) is 65.1 Å². The van der Waals surface area contributed by atoms with Gasteiger partial charge in [-0.05, 0) is 38.8 Å². The van der Waals surface area contributed by atoms with Crippen molar-refractivity contribution in [1.29, 1.82) is 0 Å². The molecule has 2 aromatic heterocycles. The third-order valence-corrected chi connectivity index (χ3v) is 7.03. The molecule has 2 N–H and O–H groups in total. The number of imidazole rings is 1. The molecule has 1 aromatic carbocycles. The van der Waals surface area contributed by atoms with E-state index in [1.165, 1.54) is 4.90 Å². The Kier molecular flexibility index (Phi) is 7.49. The van der Waals surface area contributed by atoms with Gasteiger partial charge in [-0.3, -0.25) is 9.69 Å². The van der Waals surface area contributed by atoms with Crippen LogP contribution in [0.1, 0.15) is 54.9 Å². The summed E-state index contributed by atoms with van der Waals surface area (Å²) in [5.41, 5.74) is 2.97. The summed E-state index contributed by atoms with van der Waals surface area (Å²) in [6, 6.07) is 13.6. The molecule has 1 unspecified atom stereocenters. The molecule has 0 saturated heterocycles. The van der Waals surface area contributed by atoms with Gasteiger partial charge in [0.2, 0.25) is 12.2 Å². The number of benzene rings is 1. The Labute approximate surface area is 223 Å². The number of fused-ring (bicyclic) bond motifs is 1. The predicted molar refractivity (Wildman–Crippen MR) is 145 cm³/mol. The normalized spacial score (nSPS) is 17.5. The fourth-order valence-corrected chi connectivity index (χ4v) is 5.13. The number of ether oxygens (including phenoxy) is 1. The van der Waals surface area contributed by atoms with Gasteiger partial charge in [-0.15, -0.1) is 0 Å². The molecule has 0 radical (unpaired) electrons. The van der Waals surface area contributed by atoms with Crippen molar-refractivity contribution in [3.8, 4) is 17.3 Å². The van der Waals surface area contributed by atoms with Crippen molar-refractivity contribution in [1.82, 2.24) is 19.4 Å². The van der Waals surface area contributed by atoms with Crippen LogP contribution in [0.15, 0.2) is 54.6 Å². The molecule has 3 aromatic rings. The molecule has 5 rings (SSSR count). The van der Waals surface area contributed by atoms with E-state index in [2.05, 4.69) is 12.2 Å². The number of aromatic nitrogens is 3. The summed E-state index contributed by atoms with van der Waals surface area (Å²) < 4.78 is 7.98. The lowest BCUT2D eigenvalue weighted by atomic mass is 10.1. The van der Waals surface area contributed by atoms with Crippen LogP contribution in [-0.2, 0) is 6.54 Å². The first kappa shape index (κ1) is 25.9. The number of anilines is 1. The topological polar surface area (TPSA) is 104 Å². The second kappa shape index (κ2) is 11.0. The molecule has 0 spiro atoms. The number of aryl methyl sites for hydroxylation is 1. The SMILES string of the molecule is Cc1nc(OC2CC=CC2)ccc1-c1nc2c(n1Cc1ccccc1)C(=O)N(CCCO)C(O)N2C(C)C. The summed E-state index contributed by atoms with van der Waals surface area (Å²) in [5, 5.41) is 20.6. The van der Waals surface area contributed by atoms with Crippen molar-refractivity contribution in [3.63, 3.8) is 0 Å². The van der Waals surface area contributed by atoms with E-state index in [-0.39, 0.29) is 31.2 Å². The molecule has 9 nitrogen and oxygen atoms in total. The number of amides is 1. The Morgan fingerprint density at radius 2 is 1.82 bits per heavy atom. The van der Waals surface area contributed by atoms with Crippen molar-refractivity contribution in [2.24, 2.45) is 0 Å². The molecule has 0 bridgehead atoms. The average Bonchev–Trinajstić information content (AvgIpc) is 3.53. The highest BCUT2D eigenvalue weighted by atomic mass is 16.5. The van der Waals surface area contributed by atoms with Gasteiger partial charge < -0.3 is 24.4 Å². The van der Waals surface area contributed by atoms with Crippen LogP contribution in [0.4, 0.5) is 5.82 Å². The summed E-state index contributed by atoms with van der Waals surface area (Å²) in [5.74, 6) is 1.30. The van der Waals surface area contributed by atoms with Crippen LogP contribution in [0, 0.1) is 6.92 Å². The molecule has 1 amide bonds. The maximum absolute atomic E-state index is 13.8. The van der Waals surface area contributed by atoms with Crippen molar-refractivity contribution in [2.75, 3.05) is 18.1 Å². The molecule has 0 saturated carbocycles. The Balaban J connectivity index is 1.62. The van der Waals surface area contributed by atoms with Crippen LogP contribution in [0.3, 0.4) is 0 Å². The van der Waals surface area contributed by atoms with Gasteiger partial charge in [0.05, 0.1) is 5.69 Å². The fraction of sp³-hybridized carbons (Fsp3) is 0.414. The highest BCUT2D eigenvalue weighted by Gasteiger charge is 2.42. The summed E-state index contributed by atoms with van der Waals surface area (Å²) in [6.07, 6.45) is 5.27. The predicted octanol–water partition coefficient (Wildman–Crippen LogP) is 3.73. The van der Waals surface area contributed by atoms with Crippen LogP contribution >= 0.6 is 0 Å². The van der Waals surface area contributed by atoms with Crippen LogP contribution in [0.2, 0.25) is 0 Å². The molecule has 1 aliphatic heterocycles. The van der Waals surface area contributed by atoms with Gasteiger partial charge in [-0.25, -0.2) is 9.97 Å². The highest BCUT2D eigenvalue weighted by molar-refractivity contribution is 6.00. The van der Waals surface area contributed by atoms with E-state index in [0.717, 1.165) is 29.7 Å². The van der Waals surface area contributed by atoms with E-state index in [4.69, 9.17) is 14.7 Å². The molecule has 9 heteroatoms. The monoisotopic (exact) mass is 517 g/mol. The minimum Gasteiger partial charge on any atom is -0.474 e. The van der Waals surface area contributed by atoms with Crippen molar-refractivity contribution >= 4 is 11.7 Å². The molecule has 0 fully saturated rings. The van der Waals surface area contributed by atoms with Crippen LogP contribution in [-0.4, -0.2) is 67.2 Å². The summed E-state index contributed by atoms with van der Waals surface area (Å²) in [6.45, 7) is 6.41. The van der Waals surface area contributed by atoms with Crippen LogP contribution in [0.5, 0.6) is 5.88 Å². The number of nitrogens with zero attached hydrogens (tertiary/aromatic N) is 5. The number of carbonyl (C=O) groups is 1. The zero-order chi connectivity index (χ0) is 26.8. The van der Waals surface area contributed by atoms with Crippen molar-refractivity contribution in [3.05, 3.63) is 71.6 Å². The number of pyridine rings is 1. The zero-order valence-corrected chi connectivity index (χ0v) is 22.1. The van der Waals surface area contributed by atoms with Gasteiger partial charge in [0.15, 0.2) is 11.5 Å². The Hall–Kier alpha value is -3.69. The molecule has 38 heavy (non-hydrogen) atoms. The second-order valence-electron chi connectivity index (χ2n) is 10.1. The first-order valence-electron chi connectivity index (χ1n) is 13.2. The minimum absolute atomic E-state index is 0.0736. The fourth-order valence-electron chi connectivity index (χ4n) is 5.13. The van der Waals surface area contributed by atoms with E-state index in [9.17, 15) is 15.0 Å². The number of hydrogen-bond donors (Lipinski definition) is 2. The van der Waals surface area contributed by atoms with Gasteiger partial charge >= 0.3 is 0 Å². The van der Waals surface area contributed by atoms with E-state index in [1.54, 1.807) is 4.90 Å².